The lowest BCUT2D eigenvalue weighted by atomic mass is 9.81. The molecule has 146 valence electrons. The number of hydrogen-bond donors (Lipinski definition) is 1. The first-order valence-electron chi connectivity index (χ1n) is 8.40. The van der Waals surface area contributed by atoms with Gasteiger partial charge in [0, 0.05) is 13.0 Å². The molecular formula is C17H15F5N2O3. The molecule has 1 heterocycles. The molecular weight excluding hydrogens is 375 g/mol. The SMILES string of the molecule is O=C(CCN1C(=O)[C@H]2CCCC[C@H]2C1=O)Nc1c(F)c(F)c(F)c(F)c1F. The van der Waals surface area contributed by atoms with Gasteiger partial charge in [0.2, 0.25) is 23.5 Å². The highest BCUT2D eigenvalue weighted by atomic mass is 19.2. The molecule has 0 spiro atoms. The van der Waals surface area contributed by atoms with Crippen LogP contribution in [0.25, 0.3) is 0 Å². The standard InChI is InChI=1S/C17H15F5N2O3/c18-10-11(19)13(21)15(14(22)12(10)20)23-9(25)5-6-24-16(26)7-3-1-2-4-8(7)17(24)27/h7-8H,1-6H2,(H,23,25)/t7-,8+. The number of carbonyl (C=O) groups is 3. The van der Waals surface area contributed by atoms with Crippen LogP contribution in [0.1, 0.15) is 32.1 Å². The van der Waals surface area contributed by atoms with Crippen molar-refractivity contribution >= 4 is 23.4 Å². The summed E-state index contributed by atoms with van der Waals surface area (Å²) in [6, 6.07) is 0. The maximum atomic E-state index is 13.6. The molecule has 3 amide bonds. The van der Waals surface area contributed by atoms with Crippen LogP contribution in [0.3, 0.4) is 0 Å². The third-order valence-corrected chi connectivity index (χ3v) is 4.97. The highest BCUT2D eigenvalue weighted by molar-refractivity contribution is 6.05. The second-order valence-electron chi connectivity index (χ2n) is 6.57. The maximum absolute atomic E-state index is 13.6. The van der Waals surface area contributed by atoms with Crippen molar-refractivity contribution in [3.8, 4) is 0 Å². The summed E-state index contributed by atoms with van der Waals surface area (Å²) in [5.74, 6) is -13.7. The number of fused-ring (bicyclic) bond motifs is 1. The van der Waals surface area contributed by atoms with Crippen LogP contribution in [0.15, 0.2) is 0 Å². The van der Waals surface area contributed by atoms with Gasteiger partial charge in [-0.2, -0.15) is 0 Å². The van der Waals surface area contributed by atoms with E-state index >= 15 is 0 Å². The van der Waals surface area contributed by atoms with Gasteiger partial charge in [0.05, 0.1) is 11.8 Å². The molecule has 0 bridgehead atoms. The normalized spacial score (nSPS) is 22.2. The van der Waals surface area contributed by atoms with Crippen molar-refractivity contribution < 1.29 is 36.3 Å². The van der Waals surface area contributed by atoms with E-state index < -0.39 is 70.8 Å². The fraction of sp³-hybridized carbons (Fsp3) is 0.471. The van der Waals surface area contributed by atoms with Gasteiger partial charge in [-0.1, -0.05) is 12.8 Å². The van der Waals surface area contributed by atoms with E-state index in [1.165, 1.54) is 0 Å². The minimum Gasteiger partial charge on any atom is -0.321 e. The first-order chi connectivity index (χ1) is 12.7. The van der Waals surface area contributed by atoms with Crippen LogP contribution in [-0.4, -0.2) is 29.2 Å². The number of nitrogens with one attached hydrogen (secondary N) is 1. The van der Waals surface area contributed by atoms with Crippen LogP contribution in [0.4, 0.5) is 27.6 Å². The third kappa shape index (κ3) is 3.28. The molecule has 1 saturated carbocycles. The van der Waals surface area contributed by atoms with Gasteiger partial charge < -0.3 is 5.32 Å². The van der Waals surface area contributed by atoms with E-state index in [9.17, 15) is 36.3 Å². The first kappa shape index (κ1) is 19.2. The van der Waals surface area contributed by atoms with Gasteiger partial charge in [0.1, 0.15) is 5.69 Å². The molecule has 2 fully saturated rings. The summed E-state index contributed by atoms with van der Waals surface area (Å²) in [6.45, 7) is -0.327. The Morgan fingerprint density at radius 2 is 1.30 bits per heavy atom. The van der Waals surface area contributed by atoms with E-state index in [1.54, 1.807) is 5.32 Å². The topological polar surface area (TPSA) is 66.5 Å². The molecule has 1 aromatic carbocycles. The Labute approximate surface area is 150 Å². The Morgan fingerprint density at radius 1 is 0.852 bits per heavy atom. The van der Waals surface area contributed by atoms with Gasteiger partial charge in [-0.3, -0.25) is 19.3 Å². The Hall–Kier alpha value is -2.52. The quantitative estimate of drug-likeness (QED) is 0.372. The highest BCUT2D eigenvalue weighted by Gasteiger charge is 2.47. The van der Waals surface area contributed by atoms with E-state index in [0.717, 1.165) is 17.7 Å². The predicted molar refractivity (Wildman–Crippen MR) is 81.6 cm³/mol. The van der Waals surface area contributed by atoms with E-state index in [0.29, 0.717) is 12.8 Å². The minimum atomic E-state index is -2.33. The number of amides is 3. The van der Waals surface area contributed by atoms with Crippen LogP contribution >= 0.6 is 0 Å². The largest absolute Gasteiger partial charge is 0.321 e. The van der Waals surface area contributed by atoms with E-state index in [2.05, 4.69) is 0 Å². The van der Waals surface area contributed by atoms with Gasteiger partial charge in [-0.05, 0) is 12.8 Å². The number of likely N-dealkylation sites (tertiary alicyclic amines) is 1. The summed E-state index contributed by atoms with van der Waals surface area (Å²) < 4.78 is 66.4. The summed E-state index contributed by atoms with van der Waals surface area (Å²) in [4.78, 5) is 37.3. The van der Waals surface area contributed by atoms with Crippen molar-refractivity contribution in [2.45, 2.75) is 32.1 Å². The molecule has 1 aromatic rings. The Morgan fingerprint density at radius 3 is 1.78 bits per heavy atom. The van der Waals surface area contributed by atoms with Crippen molar-refractivity contribution in [1.29, 1.82) is 0 Å². The molecule has 3 rings (SSSR count). The molecule has 0 aromatic heterocycles. The fourth-order valence-corrected chi connectivity index (χ4v) is 3.58. The Balaban J connectivity index is 1.68. The number of rotatable bonds is 4. The van der Waals surface area contributed by atoms with Crippen LogP contribution in [0.5, 0.6) is 0 Å². The van der Waals surface area contributed by atoms with Gasteiger partial charge >= 0.3 is 0 Å². The molecule has 1 N–H and O–H groups in total. The molecule has 0 unspecified atom stereocenters. The first-order valence-corrected chi connectivity index (χ1v) is 8.40. The van der Waals surface area contributed by atoms with Crippen LogP contribution in [0, 0.1) is 40.9 Å². The number of carbonyl (C=O) groups excluding carboxylic acids is 3. The number of halogens is 5. The summed E-state index contributed by atoms with van der Waals surface area (Å²) >= 11 is 0. The zero-order valence-electron chi connectivity index (χ0n) is 14.0. The molecule has 10 heteroatoms. The summed E-state index contributed by atoms with van der Waals surface area (Å²) in [5.41, 5.74) is -1.47. The Bertz CT molecular complexity index is 776. The van der Waals surface area contributed by atoms with Gasteiger partial charge in [-0.25, -0.2) is 22.0 Å². The van der Waals surface area contributed by atoms with E-state index in [-0.39, 0.29) is 6.54 Å². The van der Waals surface area contributed by atoms with Crippen LogP contribution < -0.4 is 5.32 Å². The summed E-state index contributed by atoms with van der Waals surface area (Å²) in [7, 11) is 0. The summed E-state index contributed by atoms with van der Waals surface area (Å²) in [6.07, 6.45) is 2.30. The Kier molecular flexibility index (Phi) is 5.16. The molecule has 0 radical (unpaired) electrons. The van der Waals surface area contributed by atoms with Crippen molar-refractivity contribution in [2.75, 3.05) is 11.9 Å². The smallest absolute Gasteiger partial charge is 0.233 e. The maximum Gasteiger partial charge on any atom is 0.233 e. The van der Waals surface area contributed by atoms with Crippen molar-refractivity contribution in [3.05, 3.63) is 29.1 Å². The number of nitrogens with zero attached hydrogens (tertiary/aromatic N) is 1. The molecule has 27 heavy (non-hydrogen) atoms. The van der Waals surface area contributed by atoms with E-state index in [4.69, 9.17) is 0 Å². The number of benzene rings is 1. The lowest BCUT2D eigenvalue weighted by Gasteiger charge is -2.19. The van der Waals surface area contributed by atoms with Crippen molar-refractivity contribution in [1.82, 2.24) is 4.90 Å². The van der Waals surface area contributed by atoms with E-state index in [1.807, 2.05) is 0 Å². The second kappa shape index (κ2) is 7.24. The molecule has 2 aliphatic rings. The number of anilines is 1. The highest BCUT2D eigenvalue weighted by Crippen LogP contribution is 2.38. The molecule has 1 saturated heterocycles. The minimum absolute atomic E-state index is 0.327. The van der Waals surface area contributed by atoms with Crippen LogP contribution in [-0.2, 0) is 14.4 Å². The summed E-state index contributed by atoms with van der Waals surface area (Å²) in [5, 5.41) is 1.62. The number of imide groups is 1. The monoisotopic (exact) mass is 390 g/mol. The molecule has 1 aliphatic heterocycles. The van der Waals surface area contributed by atoms with Gasteiger partial charge in [0.15, 0.2) is 23.3 Å². The molecule has 5 nitrogen and oxygen atoms in total. The zero-order chi connectivity index (χ0) is 19.9. The van der Waals surface area contributed by atoms with Crippen molar-refractivity contribution in [3.63, 3.8) is 0 Å². The van der Waals surface area contributed by atoms with Gasteiger partial charge in [-0.15, -0.1) is 0 Å². The zero-order valence-corrected chi connectivity index (χ0v) is 14.0. The number of hydrogen-bond acceptors (Lipinski definition) is 3. The average molecular weight is 390 g/mol. The molecule has 2 atom stereocenters. The lowest BCUT2D eigenvalue weighted by molar-refractivity contribution is -0.140. The van der Waals surface area contributed by atoms with Crippen molar-refractivity contribution in [2.24, 2.45) is 11.8 Å². The van der Waals surface area contributed by atoms with Gasteiger partial charge in [0.25, 0.3) is 0 Å². The van der Waals surface area contributed by atoms with Crippen LogP contribution in [0.2, 0.25) is 0 Å². The fourth-order valence-electron chi connectivity index (χ4n) is 3.58. The molecule has 1 aliphatic carbocycles. The average Bonchev–Trinajstić information content (AvgIpc) is 2.91. The predicted octanol–water partition coefficient (Wildman–Crippen LogP) is 2.89. The lowest BCUT2D eigenvalue weighted by Crippen LogP contribution is -2.34. The third-order valence-electron chi connectivity index (χ3n) is 4.97. The second-order valence-corrected chi connectivity index (χ2v) is 6.57.